The van der Waals surface area contributed by atoms with Crippen molar-refractivity contribution in [2.24, 2.45) is 0 Å². The molecule has 0 saturated heterocycles. The molecule has 0 radical (unpaired) electrons. The third-order valence-electron chi connectivity index (χ3n) is 3.58. The van der Waals surface area contributed by atoms with Crippen molar-refractivity contribution in [2.75, 3.05) is 23.8 Å². The second kappa shape index (κ2) is 4.84. The lowest BCUT2D eigenvalue weighted by Crippen LogP contribution is -2.19. The summed E-state index contributed by atoms with van der Waals surface area (Å²) in [6, 6.07) is 14.2. The Bertz CT molecular complexity index is 595. The van der Waals surface area contributed by atoms with Crippen LogP contribution in [0.3, 0.4) is 0 Å². The Balaban J connectivity index is 2.12. The van der Waals surface area contributed by atoms with E-state index >= 15 is 0 Å². The molecule has 3 nitrogen and oxygen atoms in total. The van der Waals surface area contributed by atoms with Crippen LogP contribution in [-0.4, -0.2) is 13.2 Å². The van der Waals surface area contributed by atoms with Crippen molar-refractivity contribution in [3.05, 3.63) is 48.0 Å². The summed E-state index contributed by atoms with van der Waals surface area (Å²) >= 11 is 0. The summed E-state index contributed by atoms with van der Waals surface area (Å²) in [5, 5.41) is 0. The van der Waals surface area contributed by atoms with Gasteiger partial charge in [0, 0.05) is 17.9 Å². The van der Waals surface area contributed by atoms with E-state index in [1.807, 2.05) is 30.3 Å². The summed E-state index contributed by atoms with van der Waals surface area (Å²) < 4.78 is 5.80. The first-order valence-corrected chi connectivity index (χ1v) is 6.62. The first kappa shape index (κ1) is 11.9. The summed E-state index contributed by atoms with van der Waals surface area (Å²) in [5.41, 5.74) is 10.3. The number of para-hydroxylation sites is 2. The molecular formula is C16H18N2O. The Morgan fingerprint density at radius 2 is 1.84 bits per heavy atom. The highest BCUT2D eigenvalue weighted by Gasteiger charge is 2.19. The number of fused-ring (bicyclic) bond motifs is 1. The molecule has 0 amide bonds. The van der Waals surface area contributed by atoms with Crippen molar-refractivity contribution < 1.29 is 4.74 Å². The highest BCUT2D eigenvalue weighted by Crippen LogP contribution is 2.38. The molecule has 1 heterocycles. The number of nitrogens with zero attached hydrogens (tertiary/aromatic N) is 1. The average Bonchev–Trinajstić information content (AvgIpc) is 2.64. The zero-order valence-electron chi connectivity index (χ0n) is 11.1. The Morgan fingerprint density at radius 3 is 2.74 bits per heavy atom. The zero-order valence-corrected chi connectivity index (χ0v) is 11.1. The number of ether oxygens (including phenoxy) is 1. The maximum absolute atomic E-state index is 6.03. The summed E-state index contributed by atoms with van der Waals surface area (Å²) in [5.74, 6) is 0.946. The number of anilines is 3. The van der Waals surface area contributed by atoms with Gasteiger partial charge in [-0.05, 0) is 43.2 Å². The molecule has 19 heavy (non-hydrogen) atoms. The Morgan fingerprint density at radius 1 is 1.05 bits per heavy atom. The standard InChI is InChI=1S/C16H18N2O/c1-12-13(17)6-4-8-14(12)18-10-5-11-19-16-9-3-2-7-15(16)18/h2-4,6-9H,5,10-11,17H2,1H3. The highest BCUT2D eigenvalue weighted by molar-refractivity contribution is 5.75. The van der Waals surface area contributed by atoms with Gasteiger partial charge in [0.2, 0.25) is 0 Å². The molecule has 2 aromatic rings. The van der Waals surface area contributed by atoms with Crippen molar-refractivity contribution >= 4 is 17.1 Å². The van der Waals surface area contributed by atoms with E-state index in [9.17, 15) is 0 Å². The summed E-state index contributed by atoms with van der Waals surface area (Å²) in [4.78, 5) is 2.30. The molecule has 0 aromatic heterocycles. The molecule has 0 spiro atoms. The van der Waals surface area contributed by atoms with Crippen LogP contribution >= 0.6 is 0 Å². The summed E-state index contributed by atoms with van der Waals surface area (Å²) in [6.45, 7) is 3.77. The molecule has 1 aliphatic heterocycles. The van der Waals surface area contributed by atoms with Gasteiger partial charge in [-0.1, -0.05) is 18.2 Å². The molecule has 0 unspecified atom stereocenters. The molecular weight excluding hydrogens is 236 g/mol. The molecule has 3 rings (SSSR count). The van der Waals surface area contributed by atoms with E-state index < -0.39 is 0 Å². The Labute approximate surface area is 113 Å². The molecule has 3 heteroatoms. The van der Waals surface area contributed by atoms with E-state index in [2.05, 4.69) is 24.0 Å². The first-order chi connectivity index (χ1) is 9.27. The fourth-order valence-corrected chi connectivity index (χ4v) is 2.51. The third-order valence-corrected chi connectivity index (χ3v) is 3.58. The lowest BCUT2D eigenvalue weighted by Gasteiger charge is -2.26. The molecule has 0 fully saturated rings. The molecule has 0 saturated carbocycles. The number of hydrogen-bond donors (Lipinski definition) is 1. The Hall–Kier alpha value is -2.16. The van der Waals surface area contributed by atoms with Gasteiger partial charge in [0.1, 0.15) is 5.75 Å². The van der Waals surface area contributed by atoms with Crippen molar-refractivity contribution in [2.45, 2.75) is 13.3 Å². The fourth-order valence-electron chi connectivity index (χ4n) is 2.51. The van der Waals surface area contributed by atoms with Crippen LogP contribution in [-0.2, 0) is 0 Å². The molecule has 2 aromatic carbocycles. The monoisotopic (exact) mass is 254 g/mol. The predicted octanol–water partition coefficient (Wildman–Crippen LogP) is 3.50. The number of nitrogen functional groups attached to an aromatic ring is 1. The van der Waals surface area contributed by atoms with Crippen LogP contribution in [0.2, 0.25) is 0 Å². The number of hydrogen-bond acceptors (Lipinski definition) is 3. The third kappa shape index (κ3) is 2.12. The van der Waals surface area contributed by atoms with Crippen LogP contribution in [0.15, 0.2) is 42.5 Å². The van der Waals surface area contributed by atoms with Crippen LogP contribution in [0.1, 0.15) is 12.0 Å². The largest absolute Gasteiger partial charge is 0.491 e. The van der Waals surface area contributed by atoms with Gasteiger partial charge in [0.15, 0.2) is 0 Å². The van der Waals surface area contributed by atoms with Gasteiger partial charge in [-0.2, -0.15) is 0 Å². The van der Waals surface area contributed by atoms with Gasteiger partial charge < -0.3 is 15.4 Å². The lowest BCUT2D eigenvalue weighted by atomic mass is 10.1. The van der Waals surface area contributed by atoms with Crippen LogP contribution in [0.5, 0.6) is 5.75 Å². The van der Waals surface area contributed by atoms with Gasteiger partial charge in [-0.25, -0.2) is 0 Å². The zero-order chi connectivity index (χ0) is 13.2. The highest BCUT2D eigenvalue weighted by atomic mass is 16.5. The van der Waals surface area contributed by atoms with Gasteiger partial charge >= 0.3 is 0 Å². The van der Waals surface area contributed by atoms with Gasteiger partial charge in [-0.3, -0.25) is 0 Å². The molecule has 2 N–H and O–H groups in total. The van der Waals surface area contributed by atoms with Crippen LogP contribution in [0.4, 0.5) is 17.1 Å². The minimum Gasteiger partial charge on any atom is -0.491 e. The van der Waals surface area contributed by atoms with Crippen molar-refractivity contribution in [1.29, 1.82) is 0 Å². The molecule has 0 atom stereocenters. The maximum atomic E-state index is 6.03. The molecule has 0 aliphatic carbocycles. The van der Waals surface area contributed by atoms with Crippen molar-refractivity contribution in [1.82, 2.24) is 0 Å². The summed E-state index contributed by atoms with van der Waals surface area (Å²) in [6.07, 6.45) is 1.00. The van der Waals surface area contributed by atoms with Gasteiger partial charge in [0.25, 0.3) is 0 Å². The minimum absolute atomic E-state index is 0.759. The SMILES string of the molecule is Cc1c(N)cccc1N1CCCOc2ccccc21. The van der Waals surface area contributed by atoms with E-state index in [4.69, 9.17) is 10.5 Å². The Kier molecular flexibility index (Phi) is 3.03. The van der Waals surface area contributed by atoms with E-state index in [0.717, 1.165) is 47.9 Å². The van der Waals surface area contributed by atoms with Crippen molar-refractivity contribution in [3.63, 3.8) is 0 Å². The maximum Gasteiger partial charge on any atom is 0.142 e. The minimum atomic E-state index is 0.759. The van der Waals surface area contributed by atoms with E-state index in [-0.39, 0.29) is 0 Å². The van der Waals surface area contributed by atoms with Crippen molar-refractivity contribution in [3.8, 4) is 5.75 Å². The second-order valence-electron chi connectivity index (χ2n) is 4.81. The smallest absolute Gasteiger partial charge is 0.142 e. The van der Waals surface area contributed by atoms with Gasteiger partial charge in [0.05, 0.1) is 12.3 Å². The van der Waals surface area contributed by atoms with Crippen LogP contribution in [0.25, 0.3) is 0 Å². The second-order valence-corrected chi connectivity index (χ2v) is 4.81. The van der Waals surface area contributed by atoms with E-state index in [1.54, 1.807) is 0 Å². The quantitative estimate of drug-likeness (QED) is 0.792. The molecule has 98 valence electrons. The molecule has 0 bridgehead atoms. The first-order valence-electron chi connectivity index (χ1n) is 6.62. The summed E-state index contributed by atoms with van der Waals surface area (Å²) in [7, 11) is 0. The van der Waals surface area contributed by atoms with Crippen LogP contribution in [0, 0.1) is 6.92 Å². The fraction of sp³-hybridized carbons (Fsp3) is 0.250. The number of benzene rings is 2. The topological polar surface area (TPSA) is 38.5 Å². The lowest BCUT2D eigenvalue weighted by molar-refractivity contribution is 0.322. The average molecular weight is 254 g/mol. The van der Waals surface area contributed by atoms with E-state index in [1.165, 1.54) is 0 Å². The molecule has 1 aliphatic rings. The van der Waals surface area contributed by atoms with Gasteiger partial charge in [-0.15, -0.1) is 0 Å². The van der Waals surface area contributed by atoms with E-state index in [0.29, 0.717) is 0 Å². The van der Waals surface area contributed by atoms with Crippen LogP contribution < -0.4 is 15.4 Å². The number of nitrogens with two attached hydrogens (primary N) is 1. The number of rotatable bonds is 1. The normalized spacial score (nSPS) is 14.5. The predicted molar refractivity (Wildman–Crippen MR) is 79.2 cm³/mol.